The Kier molecular flexibility index (Phi) is 9.17. The molecule has 2 rings (SSSR count). The Bertz CT molecular complexity index is 737. The summed E-state index contributed by atoms with van der Waals surface area (Å²) in [6, 6.07) is 19.6. The van der Waals surface area contributed by atoms with E-state index in [9.17, 15) is 18.0 Å². The highest BCUT2D eigenvalue weighted by atomic mass is 19.4. The van der Waals surface area contributed by atoms with Crippen LogP contribution in [0.4, 0.5) is 13.2 Å². The summed E-state index contributed by atoms with van der Waals surface area (Å²) in [5.74, 6) is -2.76. The Labute approximate surface area is 161 Å². The van der Waals surface area contributed by atoms with Crippen LogP contribution in [0.25, 0.3) is 0 Å². The third-order valence-corrected chi connectivity index (χ3v) is 3.79. The molecule has 152 valence electrons. The van der Waals surface area contributed by atoms with Gasteiger partial charge in [0.2, 0.25) is 5.91 Å². The Hall–Kier alpha value is -2.87. The van der Waals surface area contributed by atoms with E-state index in [0.29, 0.717) is 13.0 Å². The number of nitrogens with zero attached hydrogens (tertiary/aromatic N) is 1. The molecule has 0 aromatic heterocycles. The number of aliphatic carboxylic acids is 1. The van der Waals surface area contributed by atoms with Gasteiger partial charge in [-0.25, -0.2) is 4.79 Å². The summed E-state index contributed by atoms with van der Waals surface area (Å²) in [5, 5.41) is 7.12. The van der Waals surface area contributed by atoms with Crippen LogP contribution in [0.1, 0.15) is 17.5 Å². The van der Waals surface area contributed by atoms with Crippen LogP contribution in [0.5, 0.6) is 0 Å². The molecule has 3 N–H and O–H groups in total. The molecule has 0 bridgehead atoms. The zero-order valence-corrected chi connectivity index (χ0v) is 15.4. The zero-order valence-electron chi connectivity index (χ0n) is 15.4. The van der Waals surface area contributed by atoms with Crippen molar-refractivity contribution in [3.63, 3.8) is 0 Å². The van der Waals surface area contributed by atoms with Gasteiger partial charge < -0.3 is 15.7 Å². The Balaban J connectivity index is 0.000000480. The van der Waals surface area contributed by atoms with Crippen molar-refractivity contribution in [2.75, 3.05) is 7.05 Å². The fourth-order valence-electron chi connectivity index (χ4n) is 2.31. The monoisotopic (exact) mass is 396 g/mol. The first-order valence-corrected chi connectivity index (χ1v) is 8.49. The number of hydrogen-bond acceptors (Lipinski definition) is 3. The van der Waals surface area contributed by atoms with E-state index in [2.05, 4.69) is 12.1 Å². The van der Waals surface area contributed by atoms with Crippen LogP contribution in [0.3, 0.4) is 0 Å². The van der Waals surface area contributed by atoms with Crippen LogP contribution in [0.2, 0.25) is 0 Å². The molecule has 0 heterocycles. The topological polar surface area (TPSA) is 83.6 Å². The number of amides is 1. The molecule has 8 heteroatoms. The standard InChI is InChI=1S/C18H22N2O.C2HF3O2/c1-20(14-16-10-6-3-7-11-16)18(21)17(19)13-12-15-8-4-2-5-9-15;3-2(4,5)1(6)7/h2-11,17H,12-14,19H2,1H3;(H,6,7)/t17-;/m1./s1. The van der Waals surface area contributed by atoms with Crippen molar-refractivity contribution in [2.24, 2.45) is 5.73 Å². The van der Waals surface area contributed by atoms with Crippen molar-refractivity contribution in [3.05, 3.63) is 71.8 Å². The van der Waals surface area contributed by atoms with E-state index in [4.69, 9.17) is 15.6 Å². The molecule has 1 amide bonds. The summed E-state index contributed by atoms with van der Waals surface area (Å²) in [5.41, 5.74) is 8.36. The second-order valence-corrected chi connectivity index (χ2v) is 6.11. The summed E-state index contributed by atoms with van der Waals surface area (Å²) in [6.45, 7) is 0.596. The van der Waals surface area contributed by atoms with Crippen molar-refractivity contribution in [1.82, 2.24) is 4.90 Å². The molecule has 2 aromatic rings. The first-order valence-electron chi connectivity index (χ1n) is 8.49. The normalized spacial score (nSPS) is 11.8. The molecule has 0 aliphatic carbocycles. The number of alkyl halides is 3. The lowest BCUT2D eigenvalue weighted by Crippen LogP contribution is -2.41. The number of carboxylic acid groups (broad SMARTS) is 1. The van der Waals surface area contributed by atoms with Gasteiger partial charge in [-0.3, -0.25) is 4.79 Å². The fraction of sp³-hybridized carbons (Fsp3) is 0.300. The van der Waals surface area contributed by atoms with E-state index in [1.807, 2.05) is 48.5 Å². The van der Waals surface area contributed by atoms with Gasteiger partial charge in [-0.15, -0.1) is 0 Å². The lowest BCUT2D eigenvalue weighted by molar-refractivity contribution is -0.192. The van der Waals surface area contributed by atoms with Gasteiger partial charge in [0, 0.05) is 13.6 Å². The van der Waals surface area contributed by atoms with Crippen molar-refractivity contribution < 1.29 is 27.9 Å². The Morgan fingerprint density at radius 2 is 1.43 bits per heavy atom. The number of nitrogens with two attached hydrogens (primary N) is 1. The molecule has 1 atom stereocenters. The summed E-state index contributed by atoms with van der Waals surface area (Å²) in [4.78, 5) is 22.9. The number of rotatable bonds is 6. The van der Waals surface area contributed by atoms with Gasteiger partial charge in [-0.05, 0) is 24.0 Å². The lowest BCUT2D eigenvalue weighted by atomic mass is 10.0. The van der Waals surface area contributed by atoms with Crippen molar-refractivity contribution in [1.29, 1.82) is 0 Å². The maximum Gasteiger partial charge on any atom is 0.490 e. The third kappa shape index (κ3) is 8.68. The number of carbonyl (C=O) groups excluding carboxylic acids is 1. The maximum absolute atomic E-state index is 12.3. The molecular weight excluding hydrogens is 373 g/mol. The van der Waals surface area contributed by atoms with Gasteiger partial charge >= 0.3 is 12.1 Å². The average Bonchev–Trinajstić information content (AvgIpc) is 2.66. The summed E-state index contributed by atoms with van der Waals surface area (Å²) in [6.07, 6.45) is -3.59. The minimum absolute atomic E-state index is 0.00483. The molecule has 0 unspecified atom stereocenters. The largest absolute Gasteiger partial charge is 0.490 e. The molecule has 0 aliphatic rings. The molecule has 0 saturated carbocycles. The Morgan fingerprint density at radius 1 is 1.00 bits per heavy atom. The van der Waals surface area contributed by atoms with E-state index in [1.165, 1.54) is 5.56 Å². The predicted molar refractivity (Wildman–Crippen MR) is 99.3 cm³/mol. The van der Waals surface area contributed by atoms with E-state index in [0.717, 1.165) is 12.0 Å². The smallest absolute Gasteiger partial charge is 0.475 e. The molecule has 0 saturated heterocycles. The molecule has 5 nitrogen and oxygen atoms in total. The minimum Gasteiger partial charge on any atom is -0.475 e. The number of likely N-dealkylation sites (N-methyl/N-ethyl adjacent to an activating group) is 1. The number of carboxylic acids is 1. The van der Waals surface area contributed by atoms with Crippen LogP contribution >= 0.6 is 0 Å². The number of benzene rings is 2. The highest BCUT2D eigenvalue weighted by Crippen LogP contribution is 2.13. The second-order valence-electron chi connectivity index (χ2n) is 6.11. The van der Waals surface area contributed by atoms with E-state index >= 15 is 0 Å². The van der Waals surface area contributed by atoms with E-state index < -0.39 is 18.2 Å². The summed E-state index contributed by atoms with van der Waals surface area (Å²) < 4.78 is 31.7. The van der Waals surface area contributed by atoms with Crippen molar-refractivity contribution in [3.8, 4) is 0 Å². The number of carbonyl (C=O) groups is 2. The third-order valence-electron chi connectivity index (χ3n) is 3.79. The van der Waals surface area contributed by atoms with Crippen LogP contribution < -0.4 is 5.73 Å². The molecule has 0 fully saturated rings. The average molecular weight is 396 g/mol. The highest BCUT2D eigenvalue weighted by molar-refractivity contribution is 5.81. The molecule has 0 aliphatic heterocycles. The molecule has 0 radical (unpaired) electrons. The molecular formula is C20H23F3N2O3. The lowest BCUT2D eigenvalue weighted by Gasteiger charge is -2.21. The summed E-state index contributed by atoms with van der Waals surface area (Å²) in [7, 11) is 1.80. The zero-order chi connectivity index (χ0) is 21.2. The highest BCUT2D eigenvalue weighted by Gasteiger charge is 2.38. The molecule has 0 spiro atoms. The van der Waals surface area contributed by atoms with Crippen LogP contribution in [-0.4, -0.2) is 41.1 Å². The van der Waals surface area contributed by atoms with Crippen LogP contribution in [0.15, 0.2) is 60.7 Å². The van der Waals surface area contributed by atoms with Crippen molar-refractivity contribution in [2.45, 2.75) is 31.6 Å². The quantitative estimate of drug-likeness (QED) is 0.785. The van der Waals surface area contributed by atoms with E-state index in [1.54, 1.807) is 11.9 Å². The Morgan fingerprint density at radius 3 is 1.86 bits per heavy atom. The van der Waals surface area contributed by atoms with Gasteiger partial charge in [0.25, 0.3) is 0 Å². The number of aryl methyl sites for hydroxylation is 1. The van der Waals surface area contributed by atoms with Gasteiger partial charge in [-0.2, -0.15) is 13.2 Å². The first-order chi connectivity index (χ1) is 13.1. The maximum atomic E-state index is 12.3. The van der Waals surface area contributed by atoms with Crippen molar-refractivity contribution >= 4 is 11.9 Å². The van der Waals surface area contributed by atoms with Crippen LogP contribution in [-0.2, 0) is 22.6 Å². The first kappa shape index (κ1) is 23.2. The van der Waals surface area contributed by atoms with Gasteiger partial charge in [-0.1, -0.05) is 60.7 Å². The van der Waals surface area contributed by atoms with Crippen LogP contribution in [0, 0.1) is 0 Å². The summed E-state index contributed by atoms with van der Waals surface area (Å²) >= 11 is 0. The predicted octanol–water partition coefficient (Wildman–Crippen LogP) is 3.24. The van der Waals surface area contributed by atoms with E-state index in [-0.39, 0.29) is 5.91 Å². The molecule has 2 aromatic carbocycles. The second kappa shape index (κ2) is 11.1. The number of halogens is 3. The van der Waals surface area contributed by atoms with Gasteiger partial charge in [0.1, 0.15) is 0 Å². The van der Waals surface area contributed by atoms with Gasteiger partial charge in [0.15, 0.2) is 0 Å². The van der Waals surface area contributed by atoms with Gasteiger partial charge in [0.05, 0.1) is 6.04 Å². The molecule has 28 heavy (non-hydrogen) atoms. The fourth-order valence-corrected chi connectivity index (χ4v) is 2.31. The number of hydrogen-bond donors (Lipinski definition) is 2. The SMILES string of the molecule is CN(Cc1ccccc1)C(=O)[C@H](N)CCc1ccccc1.O=C(O)C(F)(F)F. The minimum atomic E-state index is -5.08.